The molecule has 0 saturated carbocycles. The predicted octanol–water partition coefficient (Wildman–Crippen LogP) is 2.99. The minimum Gasteiger partial charge on any atom is -0.353 e. The van der Waals surface area contributed by atoms with Crippen molar-refractivity contribution in [1.82, 2.24) is 14.9 Å². The fraction of sp³-hybridized carbons (Fsp3) is 0.500. The number of aryl methyl sites for hydroxylation is 1. The van der Waals surface area contributed by atoms with E-state index in [9.17, 15) is 0 Å². The number of fused-ring (bicyclic) bond motifs is 1. The summed E-state index contributed by atoms with van der Waals surface area (Å²) < 4.78 is 0. The summed E-state index contributed by atoms with van der Waals surface area (Å²) in [5.41, 5.74) is 0.947. The Kier molecular flexibility index (Phi) is 4.27. The molecule has 0 N–H and O–H groups in total. The van der Waals surface area contributed by atoms with Crippen molar-refractivity contribution in [2.45, 2.75) is 20.3 Å². The second-order valence-electron chi connectivity index (χ2n) is 5.40. The Morgan fingerprint density at radius 1 is 1.10 bits per heavy atom. The first-order chi connectivity index (χ1) is 10.2. The lowest BCUT2D eigenvalue weighted by molar-refractivity contribution is 0.270. The molecule has 1 fully saturated rings. The quantitative estimate of drug-likeness (QED) is 0.872. The van der Waals surface area contributed by atoms with Crippen molar-refractivity contribution in [2.75, 3.05) is 37.6 Å². The molecule has 2 aromatic rings. The Labute approximate surface area is 130 Å². The number of anilines is 1. The molecule has 0 radical (unpaired) electrons. The van der Waals surface area contributed by atoms with Crippen LogP contribution in [0.2, 0.25) is 5.02 Å². The zero-order valence-electron chi connectivity index (χ0n) is 12.6. The third kappa shape index (κ3) is 2.97. The molecule has 0 amide bonds. The Bertz CT molecular complexity index is 635. The average molecular weight is 305 g/mol. The van der Waals surface area contributed by atoms with Gasteiger partial charge in [0.1, 0.15) is 11.6 Å². The summed E-state index contributed by atoms with van der Waals surface area (Å²) in [5, 5.41) is 1.83. The van der Waals surface area contributed by atoms with Crippen molar-refractivity contribution >= 4 is 28.3 Å². The fourth-order valence-electron chi connectivity index (χ4n) is 2.81. The molecule has 0 spiro atoms. The minimum atomic E-state index is 0.727. The van der Waals surface area contributed by atoms with Crippen LogP contribution in [0.3, 0.4) is 0 Å². The number of benzene rings is 1. The smallest absolute Gasteiger partial charge is 0.140 e. The third-order valence-electron chi connectivity index (χ3n) is 4.12. The van der Waals surface area contributed by atoms with Crippen LogP contribution in [0.4, 0.5) is 5.82 Å². The van der Waals surface area contributed by atoms with Gasteiger partial charge >= 0.3 is 0 Å². The van der Waals surface area contributed by atoms with Crippen molar-refractivity contribution in [1.29, 1.82) is 0 Å². The number of likely N-dealkylation sites (N-methyl/N-ethyl adjacent to an activating group) is 1. The first kappa shape index (κ1) is 14.5. The SMILES string of the molecule is CCc1nc(N2CCN(CC)CC2)c2ccc(Cl)cc2n1. The first-order valence-electron chi connectivity index (χ1n) is 7.64. The normalized spacial score (nSPS) is 16.6. The lowest BCUT2D eigenvalue weighted by Gasteiger charge is -2.35. The molecule has 1 aromatic heterocycles. The highest BCUT2D eigenvalue weighted by atomic mass is 35.5. The van der Waals surface area contributed by atoms with E-state index in [4.69, 9.17) is 16.6 Å². The van der Waals surface area contributed by atoms with E-state index in [1.807, 2.05) is 18.2 Å². The van der Waals surface area contributed by atoms with E-state index in [1.54, 1.807) is 0 Å². The molecule has 2 heterocycles. The molecule has 1 saturated heterocycles. The topological polar surface area (TPSA) is 32.3 Å². The van der Waals surface area contributed by atoms with Crippen LogP contribution >= 0.6 is 11.6 Å². The molecular formula is C16H21ClN4. The van der Waals surface area contributed by atoms with Gasteiger partial charge in [-0.05, 0) is 24.7 Å². The maximum Gasteiger partial charge on any atom is 0.140 e. The van der Waals surface area contributed by atoms with E-state index in [2.05, 4.69) is 28.6 Å². The zero-order valence-corrected chi connectivity index (χ0v) is 13.4. The molecule has 4 nitrogen and oxygen atoms in total. The molecule has 5 heteroatoms. The summed E-state index contributed by atoms with van der Waals surface area (Å²) in [7, 11) is 0. The van der Waals surface area contributed by atoms with Crippen molar-refractivity contribution in [3.63, 3.8) is 0 Å². The van der Waals surface area contributed by atoms with Crippen LogP contribution in [0.15, 0.2) is 18.2 Å². The highest BCUT2D eigenvalue weighted by Gasteiger charge is 2.19. The largest absolute Gasteiger partial charge is 0.353 e. The number of aromatic nitrogens is 2. The number of halogens is 1. The Hall–Kier alpha value is -1.39. The lowest BCUT2D eigenvalue weighted by Crippen LogP contribution is -2.46. The van der Waals surface area contributed by atoms with Gasteiger partial charge in [-0.2, -0.15) is 0 Å². The van der Waals surface area contributed by atoms with Gasteiger partial charge < -0.3 is 9.80 Å². The number of hydrogen-bond donors (Lipinski definition) is 0. The molecule has 1 aliphatic rings. The third-order valence-corrected chi connectivity index (χ3v) is 4.36. The summed E-state index contributed by atoms with van der Waals surface area (Å²) in [6, 6.07) is 5.90. The molecule has 1 aliphatic heterocycles. The average Bonchev–Trinajstić information content (AvgIpc) is 2.53. The number of nitrogens with zero attached hydrogens (tertiary/aromatic N) is 4. The van der Waals surface area contributed by atoms with Crippen LogP contribution in [-0.4, -0.2) is 47.6 Å². The maximum atomic E-state index is 6.11. The van der Waals surface area contributed by atoms with Crippen LogP contribution < -0.4 is 4.90 Å². The zero-order chi connectivity index (χ0) is 14.8. The second-order valence-corrected chi connectivity index (χ2v) is 5.84. The summed E-state index contributed by atoms with van der Waals surface area (Å²) in [6.07, 6.45) is 0.838. The standard InChI is InChI=1S/C16H21ClN4/c1-3-15-18-14-11-12(17)5-6-13(14)16(19-15)21-9-7-20(4-2)8-10-21/h5-6,11H,3-4,7-10H2,1-2H3. The Morgan fingerprint density at radius 3 is 2.52 bits per heavy atom. The molecule has 0 bridgehead atoms. The Balaban J connectivity index is 2.00. The minimum absolute atomic E-state index is 0.727. The van der Waals surface area contributed by atoms with Crippen LogP contribution in [0.5, 0.6) is 0 Å². The van der Waals surface area contributed by atoms with Crippen LogP contribution in [0.25, 0.3) is 10.9 Å². The van der Waals surface area contributed by atoms with Gasteiger partial charge in [0.2, 0.25) is 0 Å². The van der Waals surface area contributed by atoms with Gasteiger partial charge in [0.05, 0.1) is 5.52 Å². The van der Waals surface area contributed by atoms with Crippen LogP contribution in [0.1, 0.15) is 19.7 Å². The van der Waals surface area contributed by atoms with Gasteiger partial charge in [-0.3, -0.25) is 0 Å². The summed E-state index contributed by atoms with van der Waals surface area (Å²) in [6.45, 7) is 9.65. The van der Waals surface area contributed by atoms with E-state index in [0.717, 1.165) is 66.7 Å². The van der Waals surface area contributed by atoms with Crippen molar-refractivity contribution in [3.8, 4) is 0 Å². The highest BCUT2D eigenvalue weighted by Crippen LogP contribution is 2.27. The van der Waals surface area contributed by atoms with Crippen LogP contribution in [0, 0.1) is 0 Å². The molecule has 21 heavy (non-hydrogen) atoms. The fourth-order valence-corrected chi connectivity index (χ4v) is 2.97. The summed E-state index contributed by atoms with van der Waals surface area (Å²) in [4.78, 5) is 14.2. The van der Waals surface area contributed by atoms with Gasteiger partial charge in [0.15, 0.2) is 0 Å². The molecule has 112 valence electrons. The van der Waals surface area contributed by atoms with Crippen molar-refractivity contribution in [2.24, 2.45) is 0 Å². The van der Waals surface area contributed by atoms with E-state index < -0.39 is 0 Å². The molecule has 0 atom stereocenters. The lowest BCUT2D eigenvalue weighted by atomic mass is 10.2. The van der Waals surface area contributed by atoms with Gasteiger partial charge in [-0.25, -0.2) is 9.97 Å². The monoisotopic (exact) mass is 304 g/mol. The van der Waals surface area contributed by atoms with Crippen LogP contribution in [-0.2, 0) is 6.42 Å². The first-order valence-corrected chi connectivity index (χ1v) is 8.02. The van der Waals surface area contributed by atoms with Gasteiger partial charge in [0, 0.05) is 43.0 Å². The van der Waals surface area contributed by atoms with Crippen molar-refractivity contribution in [3.05, 3.63) is 29.0 Å². The van der Waals surface area contributed by atoms with E-state index >= 15 is 0 Å². The molecule has 3 rings (SSSR count). The molecular weight excluding hydrogens is 284 g/mol. The van der Waals surface area contributed by atoms with E-state index in [1.165, 1.54) is 0 Å². The maximum absolute atomic E-state index is 6.11. The second kappa shape index (κ2) is 6.16. The van der Waals surface area contributed by atoms with E-state index in [0.29, 0.717) is 0 Å². The van der Waals surface area contributed by atoms with Gasteiger partial charge in [-0.15, -0.1) is 0 Å². The predicted molar refractivity (Wildman–Crippen MR) is 88.3 cm³/mol. The molecule has 1 aromatic carbocycles. The Morgan fingerprint density at radius 2 is 1.86 bits per heavy atom. The van der Waals surface area contributed by atoms with Gasteiger partial charge in [-0.1, -0.05) is 25.4 Å². The molecule has 0 unspecified atom stereocenters. The highest BCUT2D eigenvalue weighted by molar-refractivity contribution is 6.31. The summed E-state index contributed by atoms with van der Waals surface area (Å²) >= 11 is 6.11. The number of hydrogen-bond acceptors (Lipinski definition) is 4. The number of rotatable bonds is 3. The number of piperazine rings is 1. The van der Waals surface area contributed by atoms with E-state index in [-0.39, 0.29) is 0 Å². The summed E-state index contributed by atoms with van der Waals surface area (Å²) in [5.74, 6) is 1.95. The van der Waals surface area contributed by atoms with Gasteiger partial charge in [0.25, 0.3) is 0 Å². The molecule has 0 aliphatic carbocycles. The van der Waals surface area contributed by atoms with Crippen molar-refractivity contribution < 1.29 is 0 Å².